The van der Waals surface area contributed by atoms with Gasteiger partial charge >= 0.3 is 5.97 Å². The minimum Gasteiger partial charge on any atom is -0.478 e. The Morgan fingerprint density at radius 2 is 1.88 bits per heavy atom. The lowest BCUT2D eigenvalue weighted by molar-refractivity contribution is 0.0368. The summed E-state index contributed by atoms with van der Waals surface area (Å²) >= 11 is 0. The highest BCUT2D eigenvalue weighted by atomic mass is 16.5. The topological polar surface area (TPSA) is 62.9 Å². The Bertz CT molecular complexity index is 656. The number of benzene rings is 1. The highest BCUT2D eigenvalue weighted by Crippen LogP contribution is 2.32. The first-order valence-electron chi connectivity index (χ1n) is 8.72. The first-order chi connectivity index (χ1) is 11.6. The molecule has 1 aromatic heterocycles. The number of aromatic carboxylic acids is 1. The van der Waals surface area contributed by atoms with Gasteiger partial charge in [-0.15, -0.1) is 0 Å². The standard InChI is InChI=1S/C19H27NO4/c1-4-6-11-20(12-7-5-2)14(3)24-18-15-10-13-23-17(15)9-8-16(18)19(21)22/h8-10,13-14H,4-7,11-12H2,1-3H3,(H,21,22). The molecule has 132 valence electrons. The van der Waals surface area contributed by atoms with Crippen LogP contribution >= 0.6 is 0 Å². The summed E-state index contributed by atoms with van der Waals surface area (Å²) in [6.45, 7) is 8.20. The van der Waals surface area contributed by atoms with Crippen LogP contribution < -0.4 is 4.74 Å². The van der Waals surface area contributed by atoms with Gasteiger partial charge in [0.1, 0.15) is 23.1 Å². The van der Waals surface area contributed by atoms with Crippen LogP contribution in [0.1, 0.15) is 56.8 Å². The van der Waals surface area contributed by atoms with Crippen molar-refractivity contribution in [3.63, 3.8) is 0 Å². The number of rotatable bonds is 10. The predicted molar refractivity (Wildman–Crippen MR) is 94.7 cm³/mol. The van der Waals surface area contributed by atoms with Crippen molar-refractivity contribution in [1.29, 1.82) is 0 Å². The van der Waals surface area contributed by atoms with E-state index in [4.69, 9.17) is 9.15 Å². The normalized spacial score (nSPS) is 12.7. The van der Waals surface area contributed by atoms with Gasteiger partial charge in [0.05, 0.1) is 11.6 Å². The second-order valence-electron chi connectivity index (χ2n) is 6.04. The van der Waals surface area contributed by atoms with E-state index >= 15 is 0 Å². The van der Waals surface area contributed by atoms with E-state index in [1.807, 2.05) is 6.92 Å². The molecular formula is C19H27NO4. The van der Waals surface area contributed by atoms with Crippen LogP contribution in [0, 0.1) is 0 Å². The zero-order valence-electron chi connectivity index (χ0n) is 14.7. The summed E-state index contributed by atoms with van der Waals surface area (Å²) < 4.78 is 11.5. The maximum absolute atomic E-state index is 11.6. The molecule has 1 unspecified atom stereocenters. The van der Waals surface area contributed by atoms with Crippen LogP contribution in [0.4, 0.5) is 0 Å². The summed E-state index contributed by atoms with van der Waals surface area (Å²) in [5.41, 5.74) is 0.803. The van der Waals surface area contributed by atoms with Crippen molar-refractivity contribution >= 4 is 16.9 Å². The Kier molecular flexibility index (Phi) is 6.67. The molecule has 0 radical (unpaired) electrons. The van der Waals surface area contributed by atoms with Crippen LogP contribution in [-0.4, -0.2) is 35.3 Å². The molecule has 1 aromatic carbocycles. The van der Waals surface area contributed by atoms with Crippen LogP contribution in [-0.2, 0) is 0 Å². The zero-order chi connectivity index (χ0) is 17.5. The number of nitrogens with zero attached hydrogens (tertiary/aromatic N) is 1. The summed E-state index contributed by atoms with van der Waals surface area (Å²) in [5.74, 6) is -0.604. The highest BCUT2D eigenvalue weighted by Gasteiger charge is 2.21. The lowest BCUT2D eigenvalue weighted by Gasteiger charge is -2.30. The van der Waals surface area contributed by atoms with Crippen molar-refractivity contribution in [3.8, 4) is 5.75 Å². The number of fused-ring (bicyclic) bond motifs is 1. The van der Waals surface area contributed by atoms with E-state index in [9.17, 15) is 9.90 Å². The van der Waals surface area contributed by atoms with Gasteiger partial charge in [0.2, 0.25) is 0 Å². The quantitative estimate of drug-likeness (QED) is 0.635. The Balaban J connectivity index is 2.26. The fourth-order valence-corrected chi connectivity index (χ4v) is 2.76. The van der Waals surface area contributed by atoms with E-state index in [0.717, 1.165) is 38.8 Å². The number of carbonyl (C=O) groups is 1. The van der Waals surface area contributed by atoms with Gasteiger partial charge in [-0.3, -0.25) is 4.90 Å². The molecule has 2 aromatic rings. The molecule has 1 atom stereocenters. The Morgan fingerprint density at radius 3 is 2.46 bits per heavy atom. The van der Waals surface area contributed by atoms with Crippen molar-refractivity contribution in [2.75, 3.05) is 13.1 Å². The first-order valence-corrected chi connectivity index (χ1v) is 8.72. The number of carboxylic acids is 1. The monoisotopic (exact) mass is 333 g/mol. The third-order valence-corrected chi connectivity index (χ3v) is 4.22. The van der Waals surface area contributed by atoms with Gasteiger partial charge in [-0.2, -0.15) is 0 Å². The summed E-state index contributed by atoms with van der Waals surface area (Å²) in [7, 11) is 0. The van der Waals surface area contributed by atoms with Gasteiger partial charge in [0.25, 0.3) is 0 Å². The molecular weight excluding hydrogens is 306 g/mol. The number of carboxylic acid groups (broad SMARTS) is 1. The summed E-state index contributed by atoms with van der Waals surface area (Å²) in [6.07, 6.45) is 5.79. The molecule has 0 aliphatic carbocycles. The van der Waals surface area contributed by atoms with Gasteiger partial charge in [-0.1, -0.05) is 26.7 Å². The molecule has 0 amide bonds. The molecule has 1 N–H and O–H groups in total. The van der Waals surface area contributed by atoms with E-state index in [1.54, 1.807) is 24.5 Å². The number of ether oxygens (including phenoxy) is 1. The SMILES string of the molecule is CCCCN(CCCC)C(C)Oc1c(C(=O)O)ccc2occc12. The summed E-state index contributed by atoms with van der Waals surface area (Å²) in [6, 6.07) is 4.97. The summed E-state index contributed by atoms with van der Waals surface area (Å²) in [5, 5.41) is 10.2. The highest BCUT2D eigenvalue weighted by molar-refractivity contribution is 5.99. The maximum atomic E-state index is 11.6. The van der Waals surface area contributed by atoms with Gasteiger partial charge in [0, 0.05) is 13.1 Å². The second-order valence-corrected chi connectivity index (χ2v) is 6.04. The largest absolute Gasteiger partial charge is 0.478 e. The van der Waals surface area contributed by atoms with Crippen LogP contribution in [0.2, 0.25) is 0 Å². The molecule has 5 heteroatoms. The minimum absolute atomic E-state index is 0.168. The minimum atomic E-state index is -0.992. The van der Waals surface area contributed by atoms with Crippen molar-refractivity contribution in [3.05, 3.63) is 30.0 Å². The molecule has 0 aliphatic heterocycles. The number of hydrogen-bond acceptors (Lipinski definition) is 4. The molecule has 24 heavy (non-hydrogen) atoms. The maximum Gasteiger partial charge on any atom is 0.339 e. The van der Waals surface area contributed by atoms with Crippen molar-refractivity contribution in [1.82, 2.24) is 4.90 Å². The lowest BCUT2D eigenvalue weighted by Crippen LogP contribution is -2.39. The second kappa shape index (κ2) is 8.73. The Morgan fingerprint density at radius 1 is 1.21 bits per heavy atom. The fourth-order valence-electron chi connectivity index (χ4n) is 2.76. The molecule has 5 nitrogen and oxygen atoms in total. The molecule has 0 aliphatic rings. The van der Waals surface area contributed by atoms with Crippen LogP contribution in [0.15, 0.2) is 28.9 Å². The summed E-state index contributed by atoms with van der Waals surface area (Å²) in [4.78, 5) is 13.8. The lowest BCUT2D eigenvalue weighted by atomic mass is 10.1. The van der Waals surface area contributed by atoms with Gasteiger partial charge in [-0.25, -0.2) is 4.79 Å². The molecule has 1 heterocycles. The third kappa shape index (κ3) is 4.29. The van der Waals surface area contributed by atoms with Crippen LogP contribution in [0.25, 0.3) is 11.0 Å². The average Bonchev–Trinajstić information content (AvgIpc) is 3.04. The Labute approximate surface area is 143 Å². The van der Waals surface area contributed by atoms with Crippen molar-refractivity contribution in [2.24, 2.45) is 0 Å². The van der Waals surface area contributed by atoms with Crippen LogP contribution in [0.3, 0.4) is 0 Å². The van der Waals surface area contributed by atoms with E-state index < -0.39 is 5.97 Å². The van der Waals surface area contributed by atoms with Crippen LogP contribution in [0.5, 0.6) is 5.75 Å². The first kappa shape index (κ1) is 18.3. The average molecular weight is 333 g/mol. The van der Waals surface area contributed by atoms with Crippen molar-refractivity contribution < 1.29 is 19.1 Å². The zero-order valence-corrected chi connectivity index (χ0v) is 14.7. The molecule has 0 fully saturated rings. The molecule has 0 saturated heterocycles. The van der Waals surface area contributed by atoms with Gasteiger partial charge in [0.15, 0.2) is 0 Å². The number of furan rings is 1. The third-order valence-electron chi connectivity index (χ3n) is 4.22. The number of unbranched alkanes of at least 4 members (excludes halogenated alkanes) is 2. The molecule has 0 spiro atoms. The van der Waals surface area contributed by atoms with E-state index in [2.05, 4.69) is 18.7 Å². The van der Waals surface area contributed by atoms with Crippen molar-refractivity contribution in [2.45, 2.75) is 52.7 Å². The van der Waals surface area contributed by atoms with E-state index in [0.29, 0.717) is 16.7 Å². The van der Waals surface area contributed by atoms with Gasteiger partial charge in [-0.05, 0) is 38.0 Å². The predicted octanol–water partition coefficient (Wildman–Crippen LogP) is 4.76. The molecule has 0 saturated carbocycles. The molecule has 2 rings (SSSR count). The van der Waals surface area contributed by atoms with Gasteiger partial charge < -0.3 is 14.3 Å². The smallest absolute Gasteiger partial charge is 0.339 e. The fraction of sp³-hybridized carbons (Fsp3) is 0.526. The van der Waals surface area contributed by atoms with E-state index in [1.165, 1.54) is 0 Å². The number of hydrogen-bond donors (Lipinski definition) is 1. The Hall–Kier alpha value is -2.01. The van der Waals surface area contributed by atoms with E-state index in [-0.39, 0.29) is 11.8 Å². The molecule has 0 bridgehead atoms.